The van der Waals surface area contributed by atoms with E-state index in [1.54, 1.807) is 0 Å². The number of hydrogen-bond acceptors (Lipinski definition) is 4. The van der Waals surface area contributed by atoms with Gasteiger partial charge in [-0.15, -0.1) is 0 Å². The zero-order valence-electron chi connectivity index (χ0n) is 13.4. The predicted molar refractivity (Wildman–Crippen MR) is 84.5 cm³/mol. The lowest BCUT2D eigenvalue weighted by molar-refractivity contribution is -0.364. The Labute approximate surface area is 140 Å². The maximum absolute atomic E-state index is 12.9. The number of nitrogens with one attached hydrogen (secondary N) is 1. The van der Waals surface area contributed by atoms with E-state index >= 15 is 0 Å². The van der Waals surface area contributed by atoms with Crippen molar-refractivity contribution in [1.82, 2.24) is 4.90 Å². The normalized spacial score (nSPS) is 31.5. The second-order valence-corrected chi connectivity index (χ2v) is 6.88. The summed E-state index contributed by atoms with van der Waals surface area (Å²) in [6.45, 7) is 2.75. The molecule has 0 radical (unpaired) electrons. The van der Waals surface area contributed by atoms with Gasteiger partial charge in [-0.2, -0.15) is 0 Å². The van der Waals surface area contributed by atoms with Gasteiger partial charge in [0.05, 0.1) is 25.2 Å². The molecule has 3 aliphatic rings. The number of carbonyl (C=O) groups excluding carboxylic acids is 2. The van der Waals surface area contributed by atoms with E-state index in [-0.39, 0.29) is 17.7 Å². The summed E-state index contributed by atoms with van der Waals surface area (Å²) in [6.07, 6.45) is 6.62. The first-order chi connectivity index (χ1) is 11.6. The van der Waals surface area contributed by atoms with Crippen LogP contribution >= 0.6 is 0 Å². The third kappa shape index (κ3) is 2.46. The molecule has 2 bridgehead atoms. The third-order valence-corrected chi connectivity index (χ3v) is 5.64. The van der Waals surface area contributed by atoms with E-state index in [4.69, 9.17) is 0 Å². The Morgan fingerprint density at radius 3 is 2.38 bits per heavy atom. The number of fused-ring (bicyclic) bond motifs is 2. The number of allylic oxidation sites excluding steroid dienone is 2. The molecule has 126 valence electrons. The fourth-order valence-corrected chi connectivity index (χ4v) is 4.44. The van der Waals surface area contributed by atoms with Crippen molar-refractivity contribution >= 4 is 17.7 Å². The van der Waals surface area contributed by atoms with Crippen molar-refractivity contribution in [1.29, 1.82) is 0 Å². The summed E-state index contributed by atoms with van der Waals surface area (Å²) in [5, 5.41) is 11.5. The lowest BCUT2D eigenvalue weighted by atomic mass is 9.82. The average Bonchev–Trinajstić information content (AvgIpc) is 3.23. The molecule has 1 N–H and O–H groups in total. The van der Waals surface area contributed by atoms with Gasteiger partial charge >= 0.3 is 0 Å². The van der Waals surface area contributed by atoms with E-state index in [0.717, 1.165) is 25.3 Å². The molecule has 1 saturated heterocycles. The number of aliphatic carboxylic acids is 1. The van der Waals surface area contributed by atoms with Crippen molar-refractivity contribution in [3.8, 4) is 0 Å². The number of aromatic amines is 1. The molecule has 4 atom stereocenters. The molecule has 2 aliphatic carbocycles. The quantitative estimate of drug-likeness (QED) is 0.691. The standard InChI is InChI=1S/C18H21N3O3/c22-17(15-12-4-5-13(11-12)16(15)18(23)24)21-9-7-20(8-10-21)14-3-1-2-6-19-14/h1-6,12-13,15-16H,7-11H2,(H,23,24)/t12-,13+,15+,16-/m0/s1. The molecule has 1 aromatic rings. The van der Waals surface area contributed by atoms with Crippen LogP contribution in [0.3, 0.4) is 0 Å². The van der Waals surface area contributed by atoms with Crippen LogP contribution < -0.4 is 15.0 Å². The highest BCUT2D eigenvalue weighted by Crippen LogP contribution is 2.48. The van der Waals surface area contributed by atoms with Gasteiger partial charge in [0.1, 0.15) is 13.1 Å². The Bertz CT molecular complexity index is 667. The summed E-state index contributed by atoms with van der Waals surface area (Å²) in [5.74, 6) is -1.13. The van der Waals surface area contributed by atoms with Crippen LogP contribution in [0.15, 0.2) is 36.5 Å². The smallest absolute Gasteiger partial charge is 0.274 e. The maximum Gasteiger partial charge on any atom is 0.274 e. The minimum Gasteiger partial charge on any atom is -0.550 e. The van der Waals surface area contributed by atoms with Crippen molar-refractivity contribution in [3.05, 3.63) is 36.5 Å². The van der Waals surface area contributed by atoms with Crippen molar-refractivity contribution in [2.75, 3.05) is 31.1 Å². The molecule has 1 aliphatic heterocycles. The molecule has 1 saturated carbocycles. The molecular formula is C18H21N3O3. The summed E-state index contributed by atoms with van der Waals surface area (Å²) >= 11 is 0. The van der Waals surface area contributed by atoms with Crippen molar-refractivity contribution in [2.45, 2.75) is 6.42 Å². The van der Waals surface area contributed by atoms with E-state index in [9.17, 15) is 14.7 Å². The Morgan fingerprint density at radius 1 is 1.04 bits per heavy atom. The lowest BCUT2D eigenvalue weighted by Crippen LogP contribution is -2.53. The highest BCUT2D eigenvalue weighted by molar-refractivity contribution is 5.86. The number of carboxylic acid groups (broad SMARTS) is 1. The maximum atomic E-state index is 12.9. The fourth-order valence-electron chi connectivity index (χ4n) is 4.44. The Balaban J connectivity index is 1.43. The van der Waals surface area contributed by atoms with Crippen molar-refractivity contribution < 1.29 is 19.7 Å². The molecule has 0 spiro atoms. The first-order valence-electron chi connectivity index (χ1n) is 8.55. The number of amides is 1. The van der Waals surface area contributed by atoms with Crippen LogP contribution in [0.25, 0.3) is 0 Å². The van der Waals surface area contributed by atoms with Gasteiger partial charge in [0.25, 0.3) is 5.82 Å². The molecule has 6 heteroatoms. The Morgan fingerprint density at radius 2 is 1.75 bits per heavy atom. The largest absolute Gasteiger partial charge is 0.550 e. The highest BCUT2D eigenvalue weighted by atomic mass is 16.4. The number of rotatable bonds is 3. The zero-order valence-corrected chi connectivity index (χ0v) is 13.4. The summed E-state index contributed by atoms with van der Waals surface area (Å²) < 4.78 is 0. The molecule has 24 heavy (non-hydrogen) atoms. The molecular weight excluding hydrogens is 306 g/mol. The summed E-state index contributed by atoms with van der Waals surface area (Å²) in [5.41, 5.74) is 0. The van der Waals surface area contributed by atoms with E-state index in [1.807, 2.05) is 41.4 Å². The molecule has 6 nitrogen and oxygen atoms in total. The van der Waals surface area contributed by atoms with Crippen LogP contribution in [-0.2, 0) is 9.59 Å². The number of nitrogens with zero attached hydrogens (tertiary/aromatic N) is 2. The number of anilines is 1. The number of aromatic nitrogens is 1. The topological polar surface area (TPSA) is 77.8 Å². The van der Waals surface area contributed by atoms with Crippen LogP contribution in [0.4, 0.5) is 5.82 Å². The van der Waals surface area contributed by atoms with Crippen LogP contribution in [0.5, 0.6) is 0 Å². The van der Waals surface area contributed by atoms with E-state index in [1.165, 1.54) is 0 Å². The van der Waals surface area contributed by atoms with Gasteiger partial charge in [-0.25, -0.2) is 4.98 Å². The zero-order chi connectivity index (χ0) is 16.7. The molecule has 4 rings (SSSR count). The van der Waals surface area contributed by atoms with Gasteiger partial charge in [-0.1, -0.05) is 18.2 Å². The molecule has 1 aromatic heterocycles. The summed E-state index contributed by atoms with van der Waals surface area (Å²) in [4.78, 5) is 31.7. The first kappa shape index (κ1) is 15.2. The third-order valence-electron chi connectivity index (χ3n) is 5.64. The van der Waals surface area contributed by atoms with Crippen molar-refractivity contribution in [2.24, 2.45) is 23.7 Å². The summed E-state index contributed by atoms with van der Waals surface area (Å²) in [7, 11) is 0. The van der Waals surface area contributed by atoms with Gasteiger partial charge in [0, 0.05) is 18.0 Å². The number of piperazine rings is 1. The average molecular weight is 327 g/mol. The van der Waals surface area contributed by atoms with Crippen LogP contribution in [-0.4, -0.2) is 43.0 Å². The van der Waals surface area contributed by atoms with Gasteiger partial charge in [0.2, 0.25) is 5.91 Å². The van der Waals surface area contributed by atoms with Crippen molar-refractivity contribution in [3.63, 3.8) is 0 Å². The van der Waals surface area contributed by atoms with Crippen LogP contribution in [0.2, 0.25) is 0 Å². The minimum absolute atomic E-state index is 0.0160. The fraction of sp³-hybridized carbons (Fsp3) is 0.500. The molecule has 2 heterocycles. The lowest BCUT2D eigenvalue weighted by Gasteiger charge is -2.36. The monoisotopic (exact) mass is 327 g/mol. The molecule has 2 fully saturated rings. The van der Waals surface area contributed by atoms with E-state index in [2.05, 4.69) is 9.88 Å². The van der Waals surface area contributed by atoms with E-state index in [0.29, 0.717) is 13.1 Å². The second kappa shape index (κ2) is 5.92. The molecule has 1 amide bonds. The molecule has 0 aromatic carbocycles. The number of carbonyl (C=O) groups is 2. The number of H-pyrrole nitrogens is 1. The van der Waals surface area contributed by atoms with Gasteiger partial charge in [-0.3, -0.25) is 9.69 Å². The highest BCUT2D eigenvalue weighted by Gasteiger charge is 2.50. The number of hydrogen-bond donors (Lipinski definition) is 0. The SMILES string of the molecule is O=C([O-])[C@@H]1[C@H](C(=O)N2CCN(c3cccc[nH+]3)CC2)[C@H]2C=C[C@@H]1C2. The summed E-state index contributed by atoms with van der Waals surface area (Å²) in [6, 6.07) is 5.94. The number of carboxylic acids is 1. The van der Waals surface area contributed by atoms with Crippen LogP contribution in [0, 0.1) is 23.7 Å². The van der Waals surface area contributed by atoms with Gasteiger partial charge in [-0.05, 0) is 24.3 Å². The Hall–Kier alpha value is -2.37. The van der Waals surface area contributed by atoms with Gasteiger partial charge < -0.3 is 14.8 Å². The Kier molecular flexibility index (Phi) is 3.75. The predicted octanol–water partition coefficient (Wildman–Crippen LogP) is -0.662. The minimum atomic E-state index is -1.08. The second-order valence-electron chi connectivity index (χ2n) is 6.88. The molecule has 0 unspecified atom stereocenters. The van der Waals surface area contributed by atoms with Gasteiger partial charge in [0.15, 0.2) is 0 Å². The number of pyridine rings is 1. The first-order valence-corrected chi connectivity index (χ1v) is 8.55. The van der Waals surface area contributed by atoms with E-state index < -0.39 is 17.8 Å². The van der Waals surface area contributed by atoms with Crippen LogP contribution in [0.1, 0.15) is 6.42 Å².